The lowest BCUT2D eigenvalue weighted by molar-refractivity contribution is -0.141. The number of carboxylic acid groups (broad SMARTS) is 1. The van der Waals surface area contributed by atoms with Gasteiger partial charge in [0, 0.05) is 0 Å². The van der Waals surface area contributed by atoms with Crippen LogP contribution in [0.2, 0.25) is 0 Å². The number of hydrogen-bond acceptors (Lipinski definition) is 1. The van der Waals surface area contributed by atoms with Crippen molar-refractivity contribution in [2.45, 2.75) is 25.9 Å². The molecule has 1 atom stereocenters. The third-order valence-corrected chi connectivity index (χ3v) is 2.58. The molecule has 18 heavy (non-hydrogen) atoms. The fraction of sp³-hybridized carbons (Fsp3) is 0.417. The van der Waals surface area contributed by atoms with Crippen LogP contribution in [0.5, 0.6) is 0 Å². The lowest BCUT2D eigenvalue weighted by Gasteiger charge is -2.12. The summed E-state index contributed by atoms with van der Waals surface area (Å²) in [5.74, 6) is -1.62. The Morgan fingerprint density at radius 1 is 1.39 bits per heavy atom. The second-order valence-corrected chi connectivity index (χ2v) is 3.85. The highest BCUT2D eigenvalue weighted by Gasteiger charge is 2.30. The topological polar surface area (TPSA) is 37.3 Å². The van der Waals surface area contributed by atoms with E-state index in [0.717, 1.165) is 12.1 Å². The molecule has 2 nitrogen and oxygen atoms in total. The maximum absolute atomic E-state index is 12.4. The monoisotopic (exact) mass is 282 g/mol. The molecule has 0 aliphatic heterocycles. The third kappa shape index (κ3) is 4.56. The summed E-state index contributed by atoms with van der Waals surface area (Å²) in [5.41, 5.74) is -0.343. The average Bonchev–Trinajstić information content (AvgIpc) is 2.24. The molecule has 1 N–H and O–H groups in total. The second kappa shape index (κ2) is 6.64. The van der Waals surface area contributed by atoms with Gasteiger partial charge in [0.1, 0.15) is 0 Å². The minimum absolute atomic E-state index is 0. The van der Waals surface area contributed by atoms with Crippen LogP contribution in [0, 0.1) is 5.92 Å². The van der Waals surface area contributed by atoms with Crippen LogP contribution in [0.1, 0.15) is 24.5 Å². The number of benzene rings is 1. The SMILES string of the molecule is CCC(Cc1cccc(C(F)(F)F)c1)C(=O)O.Cl. The number of alkyl halides is 3. The highest BCUT2D eigenvalue weighted by atomic mass is 35.5. The first-order valence-corrected chi connectivity index (χ1v) is 5.23. The smallest absolute Gasteiger partial charge is 0.416 e. The first kappa shape index (κ1) is 16.8. The van der Waals surface area contributed by atoms with Crippen LogP contribution >= 0.6 is 12.4 Å². The van der Waals surface area contributed by atoms with E-state index < -0.39 is 23.6 Å². The normalized spacial score (nSPS) is 12.7. The Labute approximate surface area is 109 Å². The van der Waals surface area contributed by atoms with Gasteiger partial charge in [-0.25, -0.2) is 0 Å². The summed E-state index contributed by atoms with van der Waals surface area (Å²) in [6, 6.07) is 4.80. The minimum Gasteiger partial charge on any atom is -0.481 e. The fourth-order valence-corrected chi connectivity index (χ4v) is 1.57. The Morgan fingerprint density at radius 3 is 2.44 bits per heavy atom. The molecule has 0 saturated heterocycles. The molecule has 1 aromatic carbocycles. The molecule has 0 saturated carbocycles. The first-order valence-electron chi connectivity index (χ1n) is 5.23. The van der Waals surface area contributed by atoms with Crippen LogP contribution in [0.25, 0.3) is 0 Å². The van der Waals surface area contributed by atoms with Crippen LogP contribution in [0.4, 0.5) is 13.2 Å². The maximum Gasteiger partial charge on any atom is 0.416 e. The van der Waals surface area contributed by atoms with Gasteiger partial charge in [-0.15, -0.1) is 12.4 Å². The Hall–Kier alpha value is -1.23. The van der Waals surface area contributed by atoms with Crippen LogP contribution in [-0.4, -0.2) is 11.1 Å². The van der Waals surface area contributed by atoms with Gasteiger partial charge in [-0.2, -0.15) is 13.2 Å². The summed E-state index contributed by atoms with van der Waals surface area (Å²) in [6.45, 7) is 1.70. The Balaban J connectivity index is 0.00000289. The van der Waals surface area contributed by atoms with Crippen molar-refractivity contribution in [3.63, 3.8) is 0 Å². The van der Waals surface area contributed by atoms with Crippen molar-refractivity contribution in [1.82, 2.24) is 0 Å². The Morgan fingerprint density at radius 2 is 2.00 bits per heavy atom. The lowest BCUT2D eigenvalue weighted by Crippen LogP contribution is -2.15. The average molecular weight is 283 g/mol. The molecule has 0 heterocycles. The molecule has 0 bridgehead atoms. The van der Waals surface area contributed by atoms with E-state index in [1.165, 1.54) is 12.1 Å². The van der Waals surface area contributed by atoms with Crippen LogP contribution in [0.15, 0.2) is 24.3 Å². The molecular weight excluding hydrogens is 269 g/mol. The van der Waals surface area contributed by atoms with Crippen LogP contribution in [0.3, 0.4) is 0 Å². The van der Waals surface area contributed by atoms with E-state index in [4.69, 9.17) is 5.11 Å². The molecule has 0 aromatic heterocycles. The Bertz CT molecular complexity index is 405. The zero-order chi connectivity index (χ0) is 13.1. The largest absolute Gasteiger partial charge is 0.481 e. The van der Waals surface area contributed by atoms with Crippen molar-refractivity contribution in [3.8, 4) is 0 Å². The summed E-state index contributed by atoms with van der Waals surface area (Å²) < 4.78 is 37.3. The molecule has 0 aliphatic rings. The Kier molecular flexibility index (Phi) is 6.18. The van der Waals surface area contributed by atoms with Gasteiger partial charge in [0.05, 0.1) is 11.5 Å². The van der Waals surface area contributed by atoms with Crippen molar-refractivity contribution in [1.29, 1.82) is 0 Å². The number of carboxylic acids is 1. The number of rotatable bonds is 4. The summed E-state index contributed by atoms with van der Waals surface area (Å²) in [7, 11) is 0. The van der Waals surface area contributed by atoms with E-state index >= 15 is 0 Å². The molecule has 1 unspecified atom stereocenters. The number of hydrogen-bond donors (Lipinski definition) is 1. The van der Waals surface area contributed by atoms with E-state index in [9.17, 15) is 18.0 Å². The maximum atomic E-state index is 12.4. The van der Waals surface area contributed by atoms with Gasteiger partial charge in [0.2, 0.25) is 0 Å². The highest BCUT2D eigenvalue weighted by Crippen LogP contribution is 2.30. The predicted octanol–water partition coefficient (Wildman–Crippen LogP) is 3.78. The molecule has 0 radical (unpaired) electrons. The van der Waals surface area contributed by atoms with E-state index in [1.807, 2.05) is 0 Å². The molecule has 0 aliphatic carbocycles. The molecule has 0 amide bonds. The minimum atomic E-state index is -4.39. The molecule has 0 spiro atoms. The van der Waals surface area contributed by atoms with E-state index in [2.05, 4.69) is 0 Å². The summed E-state index contributed by atoms with van der Waals surface area (Å²) in [4.78, 5) is 10.8. The second-order valence-electron chi connectivity index (χ2n) is 3.85. The van der Waals surface area contributed by atoms with Gasteiger partial charge >= 0.3 is 12.1 Å². The van der Waals surface area contributed by atoms with Crippen molar-refractivity contribution in [2.24, 2.45) is 5.92 Å². The predicted molar refractivity (Wildman–Crippen MR) is 63.8 cm³/mol. The van der Waals surface area contributed by atoms with Crippen molar-refractivity contribution >= 4 is 18.4 Å². The molecular formula is C12H14ClF3O2. The van der Waals surface area contributed by atoms with Crippen LogP contribution in [-0.2, 0) is 17.4 Å². The van der Waals surface area contributed by atoms with Gasteiger partial charge < -0.3 is 5.11 Å². The summed E-state index contributed by atoms with van der Waals surface area (Å²) in [5, 5.41) is 8.84. The van der Waals surface area contributed by atoms with Crippen LogP contribution < -0.4 is 0 Å². The third-order valence-electron chi connectivity index (χ3n) is 2.58. The molecule has 102 valence electrons. The molecule has 6 heteroatoms. The van der Waals surface area contributed by atoms with Crippen molar-refractivity contribution in [3.05, 3.63) is 35.4 Å². The number of halogens is 4. The number of aliphatic carboxylic acids is 1. The summed E-state index contributed by atoms with van der Waals surface area (Å²) >= 11 is 0. The highest BCUT2D eigenvalue weighted by molar-refractivity contribution is 5.85. The van der Waals surface area contributed by atoms with Gasteiger partial charge in [-0.3, -0.25) is 4.79 Å². The van der Waals surface area contributed by atoms with Gasteiger partial charge in [0.25, 0.3) is 0 Å². The number of carbonyl (C=O) groups is 1. The quantitative estimate of drug-likeness (QED) is 0.912. The standard InChI is InChI=1S/C12H13F3O2.ClH/c1-2-9(11(16)17)6-8-4-3-5-10(7-8)12(13,14)15;/h3-5,7,9H,2,6H2,1H3,(H,16,17);1H. The van der Waals surface area contributed by atoms with Crippen molar-refractivity contribution < 1.29 is 23.1 Å². The van der Waals surface area contributed by atoms with E-state index in [0.29, 0.717) is 12.0 Å². The zero-order valence-electron chi connectivity index (χ0n) is 9.70. The zero-order valence-corrected chi connectivity index (χ0v) is 10.5. The van der Waals surface area contributed by atoms with Crippen molar-refractivity contribution in [2.75, 3.05) is 0 Å². The first-order chi connectivity index (χ1) is 7.84. The van der Waals surface area contributed by atoms with Gasteiger partial charge in [-0.1, -0.05) is 25.1 Å². The van der Waals surface area contributed by atoms with E-state index in [1.54, 1.807) is 6.92 Å². The van der Waals surface area contributed by atoms with E-state index in [-0.39, 0.29) is 18.8 Å². The lowest BCUT2D eigenvalue weighted by atomic mass is 9.96. The summed E-state index contributed by atoms with van der Waals surface area (Å²) in [6.07, 6.45) is -3.87. The molecule has 0 fully saturated rings. The fourth-order valence-electron chi connectivity index (χ4n) is 1.57. The molecule has 1 aromatic rings. The van der Waals surface area contributed by atoms with Gasteiger partial charge in [0.15, 0.2) is 0 Å². The van der Waals surface area contributed by atoms with Gasteiger partial charge in [-0.05, 0) is 24.5 Å². The molecule has 1 rings (SSSR count).